The second-order valence-electron chi connectivity index (χ2n) is 3.79. The zero-order valence-corrected chi connectivity index (χ0v) is 12.4. The van der Waals surface area contributed by atoms with E-state index in [-0.39, 0.29) is 10.0 Å². The van der Waals surface area contributed by atoms with Gasteiger partial charge in [0.1, 0.15) is 23.3 Å². The second-order valence-corrected chi connectivity index (χ2v) is 5.50. The molecule has 6 heteroatoms. The van der Waals surface area contributed by atoms with Crippen LogP contribution in [0.1, 0.15) is 16.0 Å². The van der Waals surface area contributed by atoms with E-state index in [0.717, 1.165) is 0 Å². The van der Waals surface area contributed by atoms with E-state index in [0.29, 0.717) is 17.7 Å². The van der Waals surface area contributed by atoms with Gasteiger partial charge >= 0.3 is 0 Å². The Morgan fingerprint density at radius 2 is 1.47 bits per heavy atom. The number of hydrogen-bond donors (Lipinski definition) is 0. The van der Waals surface area contributed by atoms with E-state index in [9.17, 15) is 17.6 Å². The lowest BCUT2D eigenvalue weighted by Crippen LogP contribution is -2.03. The molecule has 0 amide bonds. The van der Waals surface area contributed by atoms with Gasteiger partial charge in [-0.2, -0.15) is 0 Å². The summed E-state index contributed by atoms with van der Waals surface area (Å²) in [6.07, 6.45) is 0. The minimum atomic E-state index is -1.03. The molecule has 1 unspecified atom stereocenters. The Balaban J connectivity index is 2.56. The van der Waals surface area contributed by atoms with E-state index < -0.39 is 28.1 Å². The van der Waals surface area contributed by atoms with Crippen LogP contribution in [-0.4, -0.2) is 0 Å². The van der Waals surface area contributed by atoms with E-state index >= 15 is 0 Å². The van der Waals surface area contributed by atoms with E-state index in [4.69, 9.17) is 0 Å². The lowest BCUT2D eigenvalue weighted by molar-refractivity contribution is 0.527. The molecule has 100 valence electrons. The Morgan fingerprint density at radius 1 is 0.895 bits per heavy atom. The highest BCUT2D eigenvalue weighted by Crippen LogP contribution is 2.38. The van der Waals surface area contributed by atoms with Crippen LogP contribution in [0.5, 0.6) is 0 Å². The Hall–Kier alpha value is -0.880. The van der Waals surface area contributed by atoms with E-state index in [1.165, 1.54) is 18.2 Å². The van der Waals surface area contributed by atoms with Gasteiger partial charge < -0.3 is 0 Å². The molecule has 0 fully saturated rings. The van der Waals surface area contributed by atoms with Crippen molar-refractivity contribution in [3.63, 3.8) is 0 Å². The van der Waals surface area contributed by atoms with Crippen molar-refractivity contribution in [2.45, 2.75) is 4.83 Å². The van der Waals surface area contributed by atoms with Crippen LogP contribution < -0.4 is 0 Å². The molecule has 2 rings (SSSR count). The topological polar surface area (TPSA) is 0 Å². The summed E-state index contributed by atoms with van der Waals surface area (Å²) in [5, 5.41) is 0. The van der Waals surface area contributed by atoms with Crippen molar-refractivity contribution >= 4 is 31.9 Å². The molecule has 1 atom stereocenters. The molecule has 0 heterocycles. The molecule has 19 heavy (non-hydrogen) atoms. The van der Waals surface area contributed by atoms with Gasteiger partial charge in [-0.25, -0.2) is 17.6 Å². The maximum absolute atomic E-state index is 13.7. The molecule has 2 aromatic carbocycles. The van der Waals surface area contributed by atoms with Gasteiger partial charge in [0.15, 0.2) is 0 Å². The third-order valence-corrected chi connectivity index (χ3v) is 4.34. The lowest BCUT2D eigenvalue weighted by atomic mass is 10.0. The van der Waals surface area contributed by atoms with E-state index in [2.05, 4.69) is 31.9 Å². The molecule has 0 spiro atoms. The van der Waals surface area contributed by atoms with Crippen LogP contribution in [0.2, 0.25) is 0 Å². The lowest BCUT2D eigenvalue weighted by Gasteiger charge is -2.15. The Morgan fingerprint density at radius 3 is 2.05 bits per heavy atom. The summed E-state index contributed by atoms with van der Waals surface area (Å²) in [7, 11) is 0. The van der Waals surface area contributed by atoms with E-state index in [1.54, 1.807) is 0 Å². The Kier molecular flexibility index (Phi) is 4.30. The van der Waals surface area contributed by atoms with Crippen LogP contribution in [-0.2, 0) is 0 Å². The third kappa shape index (κ3) is 2.84. The summed E-state index contributed by atoms with van der Waals surface area (Å²) >= 11 is 6.12. The number of rotatable bonds is 2. The molecule has 0 aliphatic heterocycles. The number of hydrogen-bond acceptors (Lipinski definition) is 0. The molecule has 0 aliphatic rings. The number of benzene rings is 2. The standard InChI is InChI=1S/C13H6Br2F4/c14-12-7(2-1-3-8(12)17)13(15)11-9(18)4-6(16)5-10(11)19/h1-5,13H. The number of halogens is 6. The molecule has 0 N–H and O–H groups in total. The van der Waals surface area contributed by atoms with Crippen molar-refractivity contribution in [1.29, 1.82) is 0 Å². The first-order valence-corrected chi connectivity index (χ1v) is 6.85. The van der Waals surface area contributed by atoms with Crippen molar-refractivity contribution < 1.29 is 17.6 Å². The molecule has 0 aromatic heterocycles. The van der Waals surface area contributed by atoms with Crippen molar-refractivity contribution in [3.8, 4) is 0 Å². The van der Waals surface area contributed by atoms with Crippen LogP contribution in [0.15, 0.2) is 34.8 Å². The van der Waals surface area contributed by atoms with Gasteiger partial charge in [-0.1, -0.05) is 28.1 Å². The van der Waals surface area contributed by atoms with Gasteiger partial charge in [0, 0.05) is 17.7 Å². The fourth-order valence-corrected chi connectivity index (χ4v) is 3.29. The molecule has 0 saturated carbocycles. The van der Waals surface area contributed by atoms with Gasteiger partial charge in [0.2, 0.25) is 0 Å². The fourth-order valence-electron chi connectivity index (χ4n) is 1.67. The first-order chi connectivity index (χ1) is 8.91. The monoisotopic (exact) mass is 396 g/mol. The van der Waals surface area contributed by atoms with E-state index in [1.807, 2.05) is 0 Å². The molecule has 0 aliphatic carbocycles. The molecule has 0 saturated heterocycles. The SMILES string of the molecule is Fc1cc(F)c(C(Br)c2cccc(F)c2Br)c(F)c1. The summed E-state index contributed by atoms with van der Waals surface area (Å²) in [5.41, 5.74) is -0.0582. The minimum Gasteiger partial charge on any atom is -0.207 e. The van der Waals surface area contributed by atoms with Crippen LogP contribution in [0.25, 0.3) is 0 Å². The summed E-state index contributed by atoms with van der Waals surface area (Å²) < 4.78 is 53.7. The van der Waals surface area contributed by atoms with Crippen molar-refractivity contribution in [3.05, 3.63) is 69.2 Å². The molecule has 2 aromatic rings. The Labute approximate surface area is 123 Å². The van der Waals surface area contributed by atoms with Crippen LogP contribution >= 0.6 is 31.9 Å². The van der Waals surface area contributed by atoms with Gasteiger partial charge in [0.25, 0.3) is 0 Å². The van der Waals surface area contributed by atoms with Crippen molar-refractivity contribution in [2.75, 3.05) is 0 Å². The smallest absolute Gasteiger partial charge is 0.137 e. The zero-order chi connectivity index (χ0) is 14.2. The fraction of sp³-hybridized carbons (Fsp3) is 0.0769. The predicted molar refractivity (Wildman–Crippen MR) is 71.2 cm³/mol. The van der Waals surface area contributed by atoms with Gasteiger partial charge in [-0.15, -0.1) is 0 Å². The van der Waals surface area contributed by atoms with Crippen LogP contribution in [0.3, 0.4) is 0 Å². The average molecular weight is 398 g/mol. The van der Waals surface area contributed by atoms with Crippen molar-refractivity contribution in [1.82, 2.24) is 0 Å². The first-order valence-electron chi connectivity index (χ1n) is 5.14. The Bertz CT molecular complexity index is 605. The minimum absolute atomic E-state index is 0.0972. The van der Waals surface area contributed by atoms with Gasteiger partial charge in [0.05, 0.1) is 9.30 Å². The van der Waals surface area contributed by atoms with Crippen LogP contribution in [0.4, 0.5) is 17.6 Å². The van der Waals surface area contributed by atoms with Gasteiger partial charge in [-0.3, -0.25) is 0 Å². The normalized spacial score (nSPS) is 12.5. The molecular formula is C13H6Br2F4. The maximum atomic E-state index is 13.7. The highest BCUT2D eigenvalue weighted by Gasteiger charge is 2.23. The molecule has 0 bridgehead atoms. The summed E-state index contributed by atoms with van der Waals surface area (Å²) in [5.74, 6) is -3.62. The summed E-state index contributed by atoms with van der Waals surface area (Å²) in [4.78, 5) is -0.932. The van der Waals surface area contributed by atoms with Crippen LogP contribution in [0, 0.1) is 23.3 Å². The second kappa shape index (κ2) is 5.63. The summed E-state index contributed by atoms with van der Waals surface area (Å²) in [6.45, 7) is 0. The number of alkyl halides is 1. The van der Waals surface area contributed by atoms with Crippen molar-refractivity contribution in [2.24, 2.45) is 0 Å². The van der Waals surface area contributed by atoms with Gasteiger partial charge in [-0.05, 0) is 27.6 Å². The highest BCUT2D eigenvalue weighted by atomic mass is 79.9. The highest BCUT2D eigenvalue weighted by molar-refractivity contribution is 9.11. The molecule has 0 nitrogen and oxygen atoms in total. The first kappa shape index (κ1) is 14.5. The third-order valence-electron chi connectivity index (χ3n) is 2.55. The largest absolute Gasteiger partial charge is 0.207 e. The summed E-state index contributed by atoms with van der Waals surface area (Å²) in [6, 6.07) is 5.31. The quantitative estimate of drug-likeness (QED) is 0.464. The predicted octanol–water partition coefficient (Wildman–Crippen LogP) is 5.49. The zero-order valence-electron chi connectivity index (χ0n) is 9.23. The average Bonchev–Trinajstić information content (AvgIpc) is 2.31. The molecular weight excluding hydrogens is 392 g/mol. The maximum Gasteiger partial charge on any atom is 0.137 e. The molecule has 0 radical (unpaired) electrons.